The zero-order valence-corrected chi connectivity index (χ0v) is 26.4. The fraction of sp³-hybridized carbons (Fsp3) is 0.926. The van der Waals surface area contributed by atoms with Crippen molar-refractivity contribution in [1.29, 1.82) is 0 Å². The van der Waals surface area contributed by atoms with Crippen LogP contribution in [0.1, 0.15) is 142 Å². The van der Waals surface area contributed by atoms with Crippen LogP contribution in [0.3, 0.4) is 0 Å². The predicted molar refractivity (Wildman–Crippen MR) is 146 cm³/mol. The van der Waals surface area contributed by atoms with Crippen molar-refractivity contribution in [1.82, 2.24) is 0 Å². The van der Waals surface area contributed by atoms with E-state index in [0.29, 0.717) is 6.42 Å². The predicted octanol–water partition coefficient (Wildman–Crippen LogP) is 7.57. The smallest absolute Gasteiger partial charge is 0.0654 e. The van der Waals surface area contributed by atoms with Crippen molar-refractivity contribution in [3.05, 3.63) is 0 Å². The monoisotopic (exact) mass is 542 g/mol. The van der Waals surface area contributed by atoms with Crippen LogP contribution >= 0.6 is 4.35 Å². The van der Waals surface area contributed by atoms with E-state index in [4.69, 9.17) is 14.0 Å². The third-order valence-electron chi connectivity index (χ3n) is 6.20. The molecule has 2 atom stereocenters. The fourth-order valence-corrected chi connectivity index (χ4v) is 4.89. The van der Waals surface area contributed by atoms with Crippen LogP contribution in [-0.4, -0.2) is 63.5 Å². The summed E-state index contributed by atoms with van der Waals surface area (Å²) >= 11 is -0.0217. The molecule has 0 saturated carbocycles. The quantitative estimate of drug-likeness (QED) is 0.0521. The molecule has 208 valence electrons. The van der Waals surface area contributed by atoms with Crippen LogP contribution < -0.4 is 0 Å². The van der Waals surface area contributed by atoms with Gasteiger partial charge < -0.3 is 0 Å². The molecule has 7 nitrogen and oxygen atoms in total. The summed E-state index contributed by atoms with van der Waals surface area (Å²) in [4.78, 5) is 33.8. The molecule has 0 aliphatic carbocycles. The summed E-state index contributed by atoms with van der Waals surface area (Å²) in [6.45, 7) is 4.03. The molecule has 0 aliphatic rings. The molecular formula is C27H52NaO7P. The molecule has 0 aromatic heterocycles. The topological polar surface area (TPSA) is 99.1 Å². The van der Waals surface area contributed by atoms with Crippen molar-refractivity contribution in [3.63, 3.8) is 0 Å². The first-order chi connectivity index (χ1) is 17.3. The summed E-state index contributed by atoms with van der Waals surface area (Å²) in [7, 11) is 0. The van der Waals surface area contributed by atoms with Crippen molar-refractivity contribution in [3.8, 4) is 0 Å². The summed E-state index contributed by atoms with van der Waals surface area (Å²) in [5, 5.41) is 0. The molecule has 0 rings (SSSR count). The maximum atomic E-state index is 12.2. The van der Waals surface area contributed by atoms with E-state index in [1.807, 2.05) is 0 Å². The second-order valence-electron chi connectivity index (χ2n) is 10.1. The van der Waals surface area contributed by atoms with Gasteiger partial charge in [0.2, 0.25) is 0 Å². The molecule has 1 N–H and O–H groups in total. The summed E-state index contributed by atoms with van der Waals surface area (Å²) < 4.78 is 23.6. The molecule has 9 heteroatoms. The molecular weight excluding hydrogens is 490 g/mol. The Bertz CT molecular complexity index is 582. The van der Waals surface area contributed by atoms with Crippen molar-refractivity contribution < 1.29 is 33.0 Å². The second-order valence-corrected chi connectivity index (χ2v) is 15.3. The number of carbonyl (C=O) groups excluding carboxylic acids is 2. The second kappa shape index (κ2) is 25.4. The van der Waals surface area contributed by atoms with Gasteiger partial charge in [-0.2, -0.15) is 0 Å². The molecule has 0 spiro atoms. The Hall–Kier alpha value is 0.0900. The van der Waals surface area contributed by atoms with Crippen LogP contribution in [0.4, 0.5) is 0 Å². The van der Waals surface area contributed by atoms with E-state index in [2.05, 4.69) is 13.8 Å². The first-order valence-electron chi connectivity index (χ1n) is 14.6. The van der Waals surface area contributed by atoms with E-state index in [1.54, 1.807) is 0 Å². The molecule has 0 amide bonds. The van der Waals surface area contributed by atoms with E-state index in [-0.39, 0.29) is 58.9 Å². The Labute approximate surface area is 237 Å². The minimum Gasteiger partial charge on any atom is -0.0654 e. The Morgan fingerprint density at radius 1 is 0.667 bits per heavy atom. The van der Waals surface area contributed by atoms with Gasteiger partial charge in [-0.05, 0) is 0 Å². The number of unbranched alkanes of at least 4 members (excludes halogenated alkanes) is 16. The average Bonchev–Trinajstić information content (AvgIpc) is 2.83. The molecule has 0 aliphatic heterocycles. The molecule has 0 heterocycles. The van der Waals surface area contributed by atoms with Crippen LogP contribution in [-0.2, 0) is 28.2 Å². The van der Waals surface area contributed by atoms with Gasteiger partial charge >= 0.3 is 167 Å². The number of hydrogen-bond donors (Lipinski definition) is 1. The maximum absolute atomic E-state index is 12.2. The number of rotatable bonds is 26. The Kier molecular flexibility index (Phi) is 25.4. The Morgan fingerprint density at radius 3 is 1.47 bits per heavy atom. The zero-order valence-electron chi connectivity index (χ0n) is 23.5. The van der Waals surface area contributed by atoms with E-state index in [9.17, 15) is 19.0 Å². The van der Waals surface area contributed by atoms with Gasteiger partial charge in [0.1, 0.15) is 0 Å². The molecule has 0 aromatic rings. The van der Waals surface area contributed by atoms with Gasteiger partial charge in [0.05, 0.1) is 0 Å². The number of esters is 2. The van der Waals surface area contributed by atoms with Gasteiger partial charge in [-0.3, -0.25) is 0 Å². The van der Waals surface area contributed by atoms with Gasteiger partial charge in [-0.1, -0.05) is 71.6 Å². The molecule has 0 bridgehead atoms. The Morgan fingerprint density at radius 2 is 1.06 bits per heavy atom. The minimum absolute atomic E-state index is 0.0217. The van der Waals surface area contributed by atoms with Crippen LogP contribution in [0.15, 0.2) is 0 Å². The average molecular weight is 543 g/mol. The number of ether oxygens (including phenoxy) is 2. The molecule has 1 unspecified atom stereocenters. The summed E-state index contributed by atoms with van der Waals surface area (Å²) in [6, 6.07) is 0. The third-order valence-corrected chi connectivity index (χ3v) is 7.60. The standard InChI is InChI=1S/C27H51O7P.Na/c1-3-5-7-9-11-13-15-17-19-21-26(28)32-23-25(24-33-35(30)31)34-27(29)22-20-18-16-14-12-10-8-6-4-2;/h25H,3-24H2,1-2H3;/q;-1/p+1/t25-;/m1./s1. The van der Waals surface area contributed by atoms with Gasteiger partial charge in [-0.15, -0.1) is 0 Å². The van der Waals surface area contributed by atoms with Crippen molar-refractivity contribution in [2.45, 2.75) is 148 Å². The van der Waals surface area contributed by atoms with Crippen molar-refractivity contribution >= 4 is 43.6 Å². The van der Waals surface area contributed by atoms with E-state index >= 15 is 0 Å². The normalized spacial score (nSPS) is 13.8. The van der Waals surface area contributed by atoms with Crippen LogP contribution in [0.5, 0.6) is 0 Å². The van der Waals surface area contributed by atoms with Gasteiger partial charge in [0, 0.05) is 0 Å². The molecule has 36 heavy (non-hydrogen) atoms. The first-order valence-corrected chi connectivity index (χ1v) is 19.3. The van der Waals surface area contributed by atoms with Crippen molar-refractivity contribution in [2.75, 3.05) is 13.2 Å². The van der Waals surface area contributed by atoms with Crippen LogP contribution in [0.2, 0.25) is 0 Å². The SMILES string of the molecule is CCCCCCCCCCCC(=O)OC[C@H](CO[P](=O)(O)[Na])OC(=O)CCCCCCCCCCC. The number of hydrogen-bond acceptors (Lipinski definition) is 6. The summed E-state index contributed by atoms with van der Waals surface area (Å²) in [6.07, 6.45) is 20.7. The third kappa shape index (κ3) is 27.1. The van der Waals surface area contributed by atoms with Crippen LogP contribution in [0.25, 0.3) is 0 Å². The molecule has 0 aromatic carbocycles. The van der Waals surface area contributed by atoms with Crippen LogP contribution in [0, 0.1) is 0 Å². The van der Waals surface area contributed by atoms with E-state index < -0.39 is 10.5 Å². The van der Waals surface area contributed by atoms with Gasteiger partial charge in [-0.25, -0.2) is 0 Å². The molecule has 0 saturated heterocycles. The Balaban J connectivity index is 4.08. The molecule has 0 fully saturated rings. The van der Waals surface area contributed by atoms with E-state index in [1.165, 1.54) is 77.0 Å². The van der Waals surface area contributed by atoms with E-state index in [0.717, 1.165) is 38.5 Å². The summed E-state index contributed by atoms with van der Waals surface area (Å²) in [5.74, 6) is -0.723. The summed E-state index contributed by atoms with van der Waals surface area (Å²) in [5.41, 5.74) is 0. The van der Waals surface area contributed by atoms with Gasteiger partial charge in [0.15, 0.2) is 0 Å². The zero-order chi connectivity index (χ0) is 26.9. The van der Waals surface area contributed by atoms with Crippen molar-refractivity contribution in [2.24, 2.45) is 0 Å². The minimum atomic E-state index is -3.59. The fourth-order valence-electron chi connectivity index (χ4n) is 4.00. The first kappa shape index (κ1) is 36.1. The molecule has 0 radical (unpaired) electrons. The number of carbonyl (C=O) groups is 2. The van der Waals surface area contributed by atoms with Gasteiger partial charge in [0.25, 0.3) is 0 Å².